The Hall–Kier alpha value is -3.26. The number of hydrogen-bond acceptors (Lipinski definition) is 5. The zero-order valence-electron chi connectivity index (χ0n) is 14.3. The van der Waals surface area contributed by atoms with Crippen LogP contribution in [0.5, 0.6) is 11.8 Å². The number of aryl methyl sites for hydroxylation is 1. The number of aromatic nitrogens is 2. The summed E-state index contributed by atoms with van der Waals surface area (Å²) in [7, 11) is 0. The van der Waals surface area contributed by atoms with Gasteiger partial charge in [-0.05, 0) is 64.8 Å². The minimum absolute atomic E-state index is 0.208. The molecule has 7 nitrogen and oxygen atoms in total. The third kappa shape index (κ3) is 5.11. The van der Waals surface area contributed by atoms with Crippen LogP contribution in [0.25, 0.3) is 0 Å². The van der Waals surface area contributed by atoms with Gasteiger partial charge in [-0.3, -0.25) is 10.1 Å². The van der Waals surface area contributed by atoms with Crippen LogP contribution in [0.1, 0.15) is 15.9 Å². The van der Waals surface area contributed by atoms with Crippen molar-refractivity contribution >= 4 is 33.6 Å². The van der Waals surface area contributed by atoms with Crippen molar-refractivity contribution in [2.75, 3.05) is 5.32 Å². The van der Waals surface area contributed by atoms with E-state index in [1.165, 1.54) is 0 Å². The number of urea groups is 1. The normalized spacial score (nSPS) is 10.1. The maximum atomic E-state index is 12.0. The number of amides is 3. The summed E-state index contributed by atoms with van der Waals surface area (Å²) in [6.45, 7) is 1.82. The van der Waals surface area contributed by atoms with Gasteiger partial charge < -0.3 is 10.1 Å². The first kappa shape index (κ1) is 18.5. The average molecular weight is 427 g/mol. The van der Waals surface area contributed by atoms with Gasteiger partial charge in [0, 0.05) is 17.4 Å². The lowest BCUT2D eigenvalue weighted by Crippen LogP contribution is -2.34. The fraction of sp³-hybridized carbons (Fsp3) is 0.0526. The van der Waals surface area contributed by atoms with Crippen LogP contribution < -0.4 is 15.4 Å². The summed E-state index contributed by atoms with van der Waals surface area (Å²) in [5.74, 6) is 0.0796. The highest BCUT2D eigenvalue weighted by atomic mass is 79.9. The molecule has 3 rings (SSSR count). The first-order valence-corrected chi connectivity index (χ1v) is 8.75. The molecule has 1 heterocycles. The van der Waals surface area contributed by atoms with Gasteiger partial charge >= 0.3 is 12.0 Å². The Morgan fingerprint density at radius 3 is 2.56 bits per heavy atom. The van der Waals surface area contributed by atoms with Crippen LogP contribution in [0.15, 0.2) is 65.4 Å². The van der Waals surface area contributed by atoms with Gasteiger partial charge in [0.1, 0.15) is 10.4 Å². The smallest absolute Gasteiger partial charge is 0.326 e. The van der Waals surface area contributed by atoms with Gasteiger partial charge in [0.2, 0.25) is 0 Å². The van der Waals surface area contributed by atoms with Crippen molar-refractivity contribution in [1.29, 1.82) is 0 Å². The first-order valence-electron chi connectivity index (χ1n) is 7.96. The molecule has 0 aliphatic rings. The fourth-order valence-corrected chi connectivity index (χ4v) is 2.51. The molecule has 2 N–H and O–H groups in total. The summed E-state index contributed by atoms with van der Waals surface area (Å²) in [5, 5.41) is 4.90. The lowest BCUT2D eigenvalue weighted by atomic mass is 10.2. The highest BCUT2D eigenvalue weighted by molar-refractivity contribution is 9.10. The molecule has 0 atom stereocenters. The van der Waals surface area contributed by atoms with Gasteiger partial charge in [0.15, 0.2) is 0 Å². The molecule has 0 unspecified atom stereocenters. The van der Waals surface area contributed by atoms with E-state index < -0.39 is 11.9 Å². The maximum Gasteiger partial charge on any atom is 0.326 e. The molecule has 0 aliphatic carbocycles. The topological polar surface area (TPSA) is 93.2 Å². The van der Waals surface area contributed by atoms with Crippen molar-refractivity contribution < 1.29 is 14.3 Å². The molecular formula is C19H15BrN4O3. The van der Waals surface area contributed by atoms with Crippen molar-refractivity contribution in [3.8, 4) is 11.8 Å². The average Bonchev–Trinajstić information content (AvgIpc) is 2.64. The van der Waals surface area contributed by atoms with E-state index in [9.17, 15) is 9.59 Å². The molecule has 0 aliphatic heterocycles. The highest BCUT2D eigenvalue weighted by Crippen LogP contribution is 2.25. The summed E-state index contributed by atoms with van der Waals surface area (Å²) >= 11 is 3.26. The molecule has 27 heavy (non-hydrogen) atoms. The molecule has 3 amide bonds. The molecule has 0 saturated carbocycles. The van der Waals surface area contributed by atoms with Crippen LogP contribution in [0.4, 0.5) is 10.5 Å². The largest absolute Gasteiger partial charge is 0.424 e. The molecule has 0 bridgehead atoms. The monoisotopic (exact) mass is 426 g/mol. The van der Waals surface area contributed by atoms with E-state index in [1.807, 2.05) is 6.92 Å². The van der Waals surface area contributed by atoms with Crippen LogP contribution in [0, 0.1) is 6.92 Å². The number of carbonyl (C=O) groups excluding carboxylic acids is 2. The summed E-state index contributed by atoms with van der Waals surface area (Å²) in [6.07, 6.45) is 1.58. The summed E-state index contributed by atoms with van der Waals surface area (Å²) in [4.78, 5) is 32.1. The molecule has 0 radical (unpaired) electrons. The Labute approximate surface area is 163 Å². The van der Waals surface area contributed by atoms with Crippen LogP contribution in [-0.4, -0.2) is 21.9 Å². The minimum atomic E-state index is -0.618. The molecule has 0 spiro atoms. The molecule has 0 fully saturated rings. The third-order valence-corrected chi connectivity index (χ3v) is 3.94. The van der Waals surface area contributed by atoms with Crippen molar-refractivity contribution in [3.05, 3.63) is 76.5 Å². The highest BCUT2D eigenvalue weighted by Gasteiger charge is 2.11. The second kappa shape index (κ2) is 8.41. The van der Waals surface area contributed by atoms with Gasteiger partial charge in [0.05, 0.1) is 0 Å². The SMILES string of the molecule is Cc1cc(NC(=O)NC(=O)c2ccccc2)ccc1Oc1nccc(Br)n1. The van der Waals surface area contributed by atoms with E-state index in [0.29, 0.717) is 21.6 Å². The Morgan fingerprint density at radius 2 is 1.85 bits per heavy atom. The van der Waals surface area contributed by atoms with Crippen molar-refractivity contribution in [2.45, 2.75) is 6.92 Å². The van der Waals surface area contributed by atoms with E-state index in [2.05, 4.69) is 36.5 Å². The number of imide groups is 1. The van der Waals surface area contributed by atoms with E-state index >= 15 is 0 Å². The van der Waals surface area contributed by atoms with Gasteiger partial charge in [0.25, 0.3) is 5.91 Å². The van der Waals surface area contributed by atoms with E-state index in [4.69, 9.17) is 4.74 Å². The number of benzene rings is 2. The second-order valence-electron chi connectivity index (χ2n) is 5.52. The van der Waals surface area contributed by atoms with E-state index in [0.717, 1.165) is 5.56 Å². The molecule has 1 aromatic heterocycles. The number of carbonyl (C=O) groups is 2. The fourth-order valence-electron chi connectivity index (χ4n) is 2.24. The predicted octanol–water partition coefficient (Wildman–Crippen LogP) is 4.30. The second-order valence-corrected chi connectivity index (χ2v) is 6.33. The molecule has 136 valence electrons. The number of nitrogens with one attached hydrogen (secondary N) is 2. The molecule has 2 aromatic carbocycles. The zero-order chi connectivity index (χ0) is 19.2. The lowest BCUT2D eigenvalue weighted by molar-refractivity contribution is 0.0967. The van der Waals surface area contributed by atoms with Gasteiger partial charge in [-0.15, -0.1) is 0 Å². The number of rotatable bonds is 4. The van der Waals surface area contributed by atoms with Crippen LogP contribution in [0.2, 0.25) is 0 Å². The Morgan fingerprint density at radius 1 is 1.07 bits per heavy atom. The van der Waals surface area contributed by atoms with E-state index in [-0.39, 0.29) is 6.01 Å². The first-order chi connectivity index (χ1) is 13.0. The number of halogens is 1. The summed E-state index contributed by atoms with van der Waals surface area (Å²) in [6, 6.07) is 14.9. The molecule has 3 aromatic rings. The van der Waals surface area contributed by atoms with Gasteiger partial charge in [-0.2, -0.15) is 4.98 Å². The number of hydrogen-bond donors (Lipinski definition) is 2. The summed E-state index contributed by atoms with van der Waals surface area (Å²) < 4.78 is 6.25. The molecular weight excluding hydrogens is 412 g/mol. The Balaban J connectivity index is 1.63. The number of anilines is 1. The van der Waals surface area contributed by atoms with Crippen LogP contribution in [-0.2, 0) is 0 Å². The molecule has 8 heteroatoms. The van der Waals surface area contributed by atoms with E-state index in [1.54, 1.807) is 60.8 Å². The minimum Gasteiger partial charge on any atom is -0.424 e. The van der Waals surface area contributed by atoms with Crippen molar-refractivity contribution in [1.82, 2.24) is 15.3 Å². The summed E-state index contributed by atoms with van der Waals surface area (Å²) in [5.41, 5.74) is 1.70. The Kier molecular flexibility index (Phi) is 5.77. The maximum absolute atomic E-state index is 12.0. The predicted molar refractivity (Wildman–Crippen MR) is 104 cm³/mol. The quantitative estimate of drug-likeness (QED) is 0.606. The van der Waals surface area contributed by atoms with Gasteiger partial charge in [-0.25, -0.2) is 9.78 Å². The lowest BCUT2D eigenvalue weighted by Gasteiger charge is -2.10. The van der Waals surface area contributed by atoms with Crippen molar-refractivity contribution in [2.24, 2.45) is 0 Å². The number of ether oxygens (including phenoxy) is 1. The van der Waals surface area contributed by atoms with Crippen LogP contribution in [0.3, 0.4) is 0 Å². The van der Waals surface area contributed by atoms with Crippen LogP contribution >= 0.6 is 15.9 Å². The zero-order valence-corrected chi connectivity index (χ0v) is 15.9. The number of nitrogens with zero attached hydrogens (tertiary/aromatic N) is 2. The Bertz CT molecular complexity index is 980. The standard InChI is InChI=1S/C19H15BrN4O3/c1-12-11-14(7-8-15(12)27-19-21-10-9-16(20)23-19)22-18(26)24-17(25)13-5-3-2-4-6-13/h2-11H,1H3,(H2,22,24,25,26). The van der Waals surface area contributed by atoms with Gasteiger partial charge in [-0.1, -0.05) is 18.2 Å². The van der Waals surface area contributed by atoms with Crippen molar-refractivity contribution in [3.63, 3.8) is 0 Å². The third-order valence-electron chi connectivity index (χ3n) is 3.50. The molecule has 0 saturated heterocycles.